The van der Waals surface area contributed by atoms with E-state index in [1.165, 1.54) is 0 Å². The van der Waals surface area contributed by atoms with Gasteiger partial charge in [0.2, 0.25) is 0 Å². The molecule has 0 saturated carbocycles. The van der Waals surface area contributed by atoms with Crippen LogP contribution in [-0.4, -0.2) is 11.7 Å². The Morgan fingerprint density at radius 3 is 2.63 bits per heavy atom. The van der Waals surface area contributed by atoms with Gasteiger partial charge in [0.05, 0.1) is 4.88 Å². The highest BCUT2D eigenvalue weighted by molar-refractivity contribution is 7.10. The molecule has 0 amide bonds. The van der Waals surface area contributed by atoms with Gasteiger partial charge in [0, 0.05) is 5.56 Å². The van der Waals surface area contributed by atoms with E-state index in [9.17, 15) is 0 Å². The maximum absolute atomic E-state index is 8.74. The van der Waals surface area contributed by atoms with E-state index >= 15 is 0 Å². The molecule has 0 aliphatic carbocycles. The molecule has 0 unspecified atom stereocenters. The van der Waals surface area contributed by atoms with E-state index in [4.69, 9.17) is 9.84 Å². The number of para-hydroxylation sites is 1. The number of ether oxygens (including phenoxy) is 1. The standard InChI is InChI=1S/C16H16O2S/c1-12-5-3-6-13(2)16(12)18-11-15-14(7-4-9-17)8-10-19-15/h3,5-6,8,10,17H,9,11H2,1-2H3. The van der Waals surface area contributed by atoms with Crippen LogP contribution in [0.4, 0.5) is 0 Å². The van der Waals surface area contributed by atoms with Crippen molar-refractivity contribution in [3.63, 3.8) is 0 Å². The van der Waals surface area contributed by atoms with E-state index in [2.05, 4.69) is 11.8 Å². The molecule has 98 valence electrons. The first-order valence-electron chi connectivity index (χ1n) is 6.07. The first kappa shape index (κ1) is 13.7. The Morgan fingerprint density at radius 2 is 1.95 bits per heavy atom. The summed E-state index contributed by atoms with van der Waals surface area (Å²) in [4.78, 5) is 1.09. The van der Waals surface area contributed by atoms with Crippen LogP contribution in [0.3, 0.4) is 0 Å². The lowest BCUT2D eigenvalue weighted by atomic mass is 10.1. The van der Waals surface area contributed by atoms with Crippen LogP contribution in [0, 0.1) is 25.7 Å². The predicted octanol–water partition coefficient (Wildman–Crippen LogP) is 3.29. The van der Waals surface area contributed by atoms with Crippen molar-refractivity contribution in [1.29, 1.82) is 0 Å². The quantitative estimate of drug-likeness (QED) is 0.869. The molecule has 1 N–H and O–H groups in total. The van der Waals surface area contributed by atoms with E-state index in [1.807, 2.05) is 43.5 Å². The van der Waals surface area contributed by atoms with Gasteiger partial charge < -0.3 is 9.84 Å². The minimum atomic E-state index is -0.118. The lowest BCUT2D eigenvalue weighted by molar-refractivity contribution is 0.305. The fourth-order valence-corrected chi connectivity index (χ4v) is 2.60. The highest BCUT2D eigenvalue weighted by atomic mass is 32.1. The number of thiophene rings is 1. The molecule has 0 radical (unpaired) electrons. The van der Waals surface area contributed by atoms with Crippen LogP contribution in [0.25, 0.3) is 0 Å². The molecule has 0 fully saturated rings. The molecule has 2 aromatic rings. The van der Waals surface area contributed by atoms with Gasteiger partial charge in [-0.3, -0.25) is 0 Å². The zero-order chi connectivity index (χ0) is 13.7. The van der Waals surface area contributed by atoms with Crippen LogP contribution in [0.15, 0.2) is 29.6 Å². The van der Waals surface area contributed by atoms with Gasteiger partial charge in [-0.2, -0.15) is 0 Å². The number of aryl methyl sites for hydroxylation is 2. The van der Waals surface area contributed by atoms with Crippen molar-refractivity contribution in [2.45, 2.75) is 20.5 Å². The fourth-order valence-electron chi connectivity index (χ4n) is 1.86. The van der Waals surface area contributed by atoms with Crippen molar-refractivity contribution in [3.05, 3.63) is 51.2 Å². The summed E-state index contributed by atoms with van der Waals surface area (Å²) >= 11 is 1.62. The third-order valence-electron chi connectivity index (χ3n) is 2.80. The smallest absolute Gasteiger partial charge is 0.125 e. The van der Waals surface area contributed by atoms with Gasteiger partial charge in [0.1, 0.15) is 19.0 Å². The van der Waals surface area contributed by atoms with Crippen LogP contribution in [0.2, 0.25) is 0 Å². The van der Waals surface area contributed by atoms with E-state index < -0.39 is 0 Å². The van der Waals surface area contributed by atoms with E-state index in [1.54, 1.807) is 11.3 Å². The molecule has 0 spiro atoms. The third kappa shape index (κ3) is 3.37. The maximum Gasteiger partial charge on any atom is 0.125 e. The molecule has 1 aromatic carbocycles. The lowest BCUT2D eigenvalue weighted by Gasteiger charge is -2.11. The molecule has 0 saturated heterocycles. The predicted molar refractivity (Wildman–Crippen MR) is 78.5 cm³/mol. The van der Waals surface area contributed by atoms with E-state index in [0.29, 0.717) is 6.61 Å². The first-order chi connectivity index (χ1) is 9.22. The minimum absolute atomic E-state index is 0.118. The van der Waals surface area contributed by atoms with Crippen molar-refractivity contribution in [3.8, 4) is 17.6 Å². The highest BCUT2D eigenvalue weighted by Crippen LogP contribution is 2.25. The highest BCUT2D eigenvalue weighted by Gasteiger charge is 2.06. The zero-order valence-corrected chi connectivity index (χ0v) is 11.9. The maximum atomic E-state index is 8.74. The third-order valence-corrected chi connectivity index (χ3v) is 3.70. The van der Waals surface area contributed by atoms with Gasteiger partial charge in [0.25, 0.3) is 0 Å². The van der Waals surface area contributed by atoms with Gasteiger partial charge in [-0.15, -0.1) is 11.3 Å². The molecule has 0 bridgehead atoms. The van der Waals surface area contributed by atoms with Crippen molar-refractivity contribution in [1.82, 2.24) is 0 Å². The monoisotopic (exact) mass is 272 g/mol. The van der Waals surface area contributed by atoms with Crippen molar-refractivity contribution in [2.75, 3.05) is 6.61 Å². The van der Waals surface area contributed by atoms with Crippen LogP contribution < -0.4 is 4.74 Å². The lowest BCUT2D eigenvalue weighted by Crippen LogP contribution is -1.98. The average molecular weight is 272 g/mol. The number of benzene rings is 1. The van der Waals surface area contributed by atoms with Gasteiger partial charge in [-0.25, -0.2) is 0 Å². The summed E-state index contributed by atoms with van der Waals surface area (Å²) in [5, 5.41) is 10.7. The molecule has 3 heteroatoms. The second-order valence-corrected chi connectivity index (χ2v) is 5.23. The Hall–Kier alpha value is -1.76. The SMILES string of the molecule is Cc1cccc(C)c1OCc1sccc1C#CCO. The second kappa shape index (κ2) is 6.42. The first-order valence-corrected chi connectivity index (χ1v) is 6.95. The van der Waals surface area contributed by atoms with Crippen molar-refractivity contribution < 1.29 is 9.84 Å². The topological polar surface area (TPSA) is 29.5 Å². The average Bonchev–Trinajstić information content (AvgIpc) is 2.83. The summed E-state index contributed by atoms with van der Waals surface area (Å²) in [7, 11) is 0. The van der Waals surface area contributed by atoms with E-state index in [0.717, 1.165) is 27.3 Å². The van der Waals surface area contributed by atoms with Crippen LogP contribution in [0.5, 0.6) is 5.75 Å². The molecule has 0 aliphatic rings. The Labute approximate surface area is 117 Å². The Balaban J connectivity index is 2.13. The van der Waals surface area contributed by atoms with Crippen LogP contribution in [-0.2, 0) is 6.61 Å². The summed E-state index contributed by atoms with van der Waals surface area (Å²) in [6, 6.07) is 8.07. The number of aliphatic hydroxyl groups excluding tert-OH is 1. The molecule has 1 heterocycles. The molecular formula is C16H16O2S. The molecule has 2 rings (SSSR count). The zero-order valence-electron chi connectivity index (χ0n) is 11.1. The van der Waals surface area contributed by atoms with Gasteiger partial charge in [0.15, 0.2) is 0 Å². The molecule has 0 aliphatic heterocycles. The summed E-state index contributed by atoms with van der Waals surface area (Å²) in [5.74, 6) is 6.55. The summed E-state index contributed by atoms with van der Waals surface area (Å²) in [6.45, 7) is 4.48. The molecule has 1 aromatic heterocycles. The fraction of sp³-hybridized carbons (Fsp3) is 0.250. The van der Waals surface area contributed by atoms with Crippen molar-refractivity contribution in [2.24, 2.45) is 0 Å². The van der Waals surface area contributed by atoms with Crippen molar-refractivity contribution >= 4 is 11.3 Å². The minimum Gasteiger partial charge on any atom is -0.487 e. The Morgan fingerprint density at radius 1 is 1.21 bits per heavy atom. The summed E-state index contributed by atoms with van der Waals surface area (Å²) in [5.41, 5.74) is 3.21. The number of hydrogen-bond donors (Lipinski definition) is 1. The largest absolute Gasteiger partial charge is 0.487 e. The molecular weight excluding hydrogens is 256 g/mol. The number of rotatable bonds is 3. The van der Waals surface area contributed by atoms with Crippen LogP contribution >= 0.6 is 11.3 Å². The number of aliphatic hydroxyl groups is 1. The Kier molecular flexibility index (Phi) is 4.62. The van der Waals surface area contributed by atoms with Gasteiger partial charge in [-0.05, 0) is 36.4 Å². The van der Waals surface area contributed by atoms with Gasteiger partial charge in [-0.1, -0.05) is 30.0 Å². The molecule has 19 heavy (non-hydrogen) atoms. The summed E-state index contributed by atoms with van der Waals surface area (Å²) < 4.78 is 5.91. The van der Waals surface area contributed by atoms with Crippen LogP contribution in [0.1, 0.15) is 21.6 Å². The molecule has 0 atom stereocenters. The summed E-state index contributed by atoms with van der Waals surface area (Å²) in [6.07, 6.45) is 0. The molecule has 2 nitrogen and oxygen atoms in total. The Bertz CT molecular complexity index is 597. The number of hydrogen-bond acceptors (Lipinski definition) is 3. The second-order valence-electron chi connectivity index (χ2n) is 4.23. The van der Waals surface area contributed by atoms with E-state index in [-0.39, 0.29) is 6.61 Å². The normalized spacial score (nSPS) is 9.84. The van der Waals surface area contributed by atoms with Gasteiger partial charge >= 0.3 is 0 Å².